The van der Waals surface area contributed by atoms with Crippen molar-refractivity contribution in [2.24, 2.45) is 5.41 Å². The number of halogens is 1. The summed E-state index contributed by atoms with van der Waals surface area (Å²) >= 11 is 0. The molecular weight excluding hydrogens is 589 g/mol. The lowest BCUT2D eigenvalue weighted by atomic mass is 9.73. The van der Waals surface area contributed by atoms with Crippen LogP contribution in [-0.2, 0) is 9.53 Å². The van der Waals surface area contributed by atoms with Crippen molar-refractivity contribution in [2.45, 2.75) is 76.5 Å². The van der Waals surface area contributed by atoms with Gasteiger partial charge in [-0.05, 0) is 88.1 Å². The van der Waals surface area contributed by atoms with Gasteiger partial charge >= 0.3 is 5.97 Å². The van der Waals surface area contributed by atoms with E-state index in [0.717, 1.165) is 31.2 Å². The van der Waals surface area contributed by atoms with Crippen LogP contribution in [0.2, 0.25) is 0 Å². The Morgan fingerprint density at radius 3 is 2.63 bits per heavy atom. The minimum atomic E-state index is -0.740. The van der Waals surface area contributed by atoms with Gasteiger partial charge in [0.25, 0.3) is 5.91 Å². The van der Waals surface area contributed by atoms with Crippen molar-refractivity contribution in [1.29, 1.82) is 0 Å². The number of imidazole rings is 1. The van der Waals surface area contributed by atoms with Gasteiger partial charge in [0.1, 0.15) is 17.7 Å². The predicted octanol–water partition coefficient (Wildman–Crippen LogP) is 5.44. The number of nitrogens with two attached hydrogens (primary N) is 1. The standard InChI is InChI=1S/C34H38FN7O4/c1-19-18-46-26(17-42(19)22-7-10-34(2,11-8-22)33(44)45)31-39-16-25-30(38-13-14-41(25)31)23-5-6-24(29(36)28(23)35)32(43)40-27-15-21(9-12-37-27)20-3-4-20/h5-6,9,12-16,19-20,22,26H,3-4,7-8,10-11,17-18,36H2,1-2H3,(H,44,45)(H,37,40,43)/t19-,22?,26+,34?/m0/s1. The maximum Gasteiger partial charge on any atom is 0.309 e. The highest BCUT2D eigenvalue weighted by Gasteiger charge is 2.42. The highest BCUT2D eigenvalue weighted by molar-refractivity contribution is 6.08. The number of rotatable bonds is 7. The van der Waals surface area contributed by atoms with Gasteiger partial charge in [0, 0.05) is 42.8 Å². The van der Waals surface area contributed by atoms with Crippen molar-refractivity contribution in [1.82, 2.24) is 24.3 Å². The number of hydrogen-bond donors (Lipinski definition) is 3. The van der Waals surface area contributed by atoms with Crippen molar-refractivity contribution in [2.75, 3.05) is 24.2 Å². The number of carboxylic acids is 1. The third-order valence-electron chi connectivity index (χ3n) is 10.1. The molecule has 0 spiro atoms. The van der Waals surface area contributed by atoms with E-state index >= 15 is 4.39 Å². The number of carbonyl (C=O) groups is 2. The number of carboxylic acid groups (broad SMARTS) is 1. The molecule has 240 valence electrons. The van der Waals surface area contributed by atoms with Crippen LogP contribution >= 0.6 is 0 Å². The number of nitrogen functional groups attached to an aromatic ring is 1. The average molecular weight is 628 g/mol. The van der Waals surface area contributed by atoms with Gasteiger partial charge in [-0.2, -0.15) is 0 Å². The first-order valence-corrected chi connectivity index (χ1v) is 15.9. The Bertz CT molecular complexity index is 1810. The van der Waals surface area contributed by atoms with Crippen LogP contribution in [0.5, 0.6) is 0 Å². The Kier molecular flexibility index (Phi) is 7.72. The van der Waals surface area contributed by atoms with Gasteiger partial charge in [0.05, 0.1) is 40.7 Å². The van der Waals surface area contributed by atoms with Gasteiger partial charge < -0.3 is 20.9 Å². The fourth-order valence-electron chi connectivity index (χ4n) is 6.96. The van der Waals surface area contributed by atoms with Gasteiger partial charge in [0.2, 0.25) is 0 Å². The minimum absolute atomic E-state index is 0.0113. The van der Waals surface area contributed by atoms with E-state index in [1.54, 1.807) is 24.8 Å². The summed E-state index contributed by atoms with van der Waals surface area (Å²) < 4.78 is 24.0. The lowest BCUT2D eigenvalue weighted by Gasteiger charge is -2.46. The first kappa shape index (κ1) is 30.2. The molecule has 1 amide bonds. The first-order chi connectivity index (χ1) is 22.1. The van der Waals surface area contributed by atoms with Crippen molar-refractivity contribution >= 4 is 28.9 Å². The Hall–Kier alpha value is -4.42. The highest BCUT2D eigenvalue weighted by Crippen LogP contribution is 2.41. The summed E-state index contributed by atoms with van der Waals surface area (Å²) in [7, 11) is 0. The minimum Gasteiger partial charge on any atom is -0.481 e. The smallest absolute Gasteiger partial charge is 0.309 e. The number of hydrogen-bond acceptors (Lipinski definition) is 8. The molecule has 1 saturated heterocycles. The van der Waals surface area contributed by atoms with Gasteiger partial charge in [-0.3, -0.25) is 23.9 Å². The van der Waals surface area contributed by atoms with Crippen LogP contribution in [0.3, 0.4) is 0 Å². The summed E-state index contributed by atoms with van der Waals surface area (Å²) in [5.74, 6) is -0.435. The second-order valence-electron chi connectivity index (χ2n) is 13.2. The number of pyridine rings is 1. The number of aliphatic carboxylic acids is 1. The number of ether oxygens (including phenoxy) is 1. The molecule has 7 rings (SSSR count). The number of amides is 1. The molecule has 3 aliphatic rings. The summed E-state index contributed by atoms with van der Waals surface area (Å²) in [6, 6.07) is 7.25. The largest absolute Gasteiger partial charge is 0.481 e. The molecule has 1 aliphatic heterocycles. The summed E-state index contributed by atoms with van der Waals surface area (Å²) in [6.07, 6.45) is 11.5. The van der Waals surface area contributed by atoms with Gasteiger partial charge in [-0.25, -0.2) is 14.4 Å². The molecule has 3 aromatic heterocycles. The molecular formula is C34H38FN7O4. The fraction of sp³-hybridized carbons (Fsp3) is 0.441. The molecule has 2 atom stereocenters. The molecule has 4 N–H and O–H groups in total. The van der Waals surface area contributed by atoms with Crippen LogP contribution in [0.15, 0.2) is 49.1 Å². The van der Waals surface area contributed by atoms with Crippen LogP contribution < -0.4 is 11.1 Å². The number of anilines is 2. The Labute approximate surface area is 266 Å². The molecule has 3 fully saturated rings. The van der Waals surface area contributed by atoms with Crippen LogP contribution in [0.1, 0.15) is 86.1 Å². The number of nitrogens with one attached hydrogen (secondary N) is 1. The van der Waals surface area contributed by atoms with Crippen LogP contribution in [-0.4, -0.2) is 66.5 Å². The SMILES string of the molecule is C[C@H]1CO[C@@H](c2ncc3c(-c4ccc(C(=O)Nc5cc(C6CC6)ccn5)c(N)c4F)nccn23)CN1C1CCC(C)(C(=O)O)CC1. The zero-order chi connectivity index (χ0) is 32.2. The van der Waals surface area contributed by atoms with E-state index in [0.29, 0.717) is 54.8 Å². The van der Waals surface area contributed by atoms with Crippen LogP contribution in [0.25, 0.3) is 16.8 Å². The third kappa shape index (κ3) is 5.49. The summed E-state index contributed by atoms with van der Waals surface area (Å²) in [5, 5.41) is 12.4. The molecule has 2 saturated carbocycles. The molecule has 12 heteroatoms. The average Bonchev–Trinajstić information content (AvgIpc) is 3.82. The van der Waals surface area contributed by atoms with E-state index in [1.165, 1.54) is 12.1 Å². The molecule has 1 aromatic carbocycles. The number of morpholine rings is 1. The topological polar surface area (TPSA) is 148 Å². The number of fused-ring (bicyclic) bond motifs is 1. The number of benzene rings is 1. The third-order valence-corrected chi connectivity index (χ3v) is 10.1. The molecule has 11 nitrogen and oxygen atoms in total. The lowest BCUT2D eigenvalue weighted by Crippen LogP contribution is -2.52. The van der Waals surface area contributed by atoms with Crippen molar-refractivity contribution in [3.8, 4) is 11.3 Å². The molecule has 4 aromatic rings. The predicted molar refractivity (Wildman–Crippen MR) is 170 cm³/mol. The van der Waals surface area contributed by atoms with E-state index in [-0.39, 0.29) is 35.0 Å². The zero-order valence-electron chi connectivity index (χ0n) is 25.9. The van der Waals surface area contributed by atoms with E-state index in [1.807, 2.05) is 23.5 Å². The number of aromatic nitrogens is 4. The second kappa shape index (κ2) is 11.7. The van der Waals surface area contributed by atoms with E-state index in [4.69, 9.17) is 15.5 Å². The quantitative estimate of drug-likeness (QED) is 0.228. The Morgan fingerprint density at radius 1 is 1.11 bits per heavy atom. The summed E-state index contributed by atoms with van der Waals surface area (Å²) in [6.45, 7) is 5.09. The number of carbonyl (C=O) groups excluding carboxylic acids is 1. The monoisotopic (exact) mass is 627 g/mol. The summed E-state index contributed by atoms with van der Waals surface area (Å²) in [5.41, 5.74) is 7.47. The fourth-order valence-corrected chi connectivity index (χ4v) is 6.96. The van der Waals surface area contributed by atoms with Gasteiger partial charge in [-0.1, -0.05) is 0 Å². The van der Waals surface area contributed by atoms with Crippen LogP contribution in [0, 0.1) is 11.2 Å². The van der Waals surface area contributed by atoms with E-state index in [2.05, 4.69) is 27.1 Å². The molecule has 0 unspecified atom stereocenters. The lowest BCUT2D eigenvalue weighted by molar-refractivity contribution is -0.151. The normalized spacial score (nSPS) is 25.4. The summed E-state index contributed by atoms with van der Waals surface area (Å²) in [4.78, 5) is 40.7. The second-order valence-corrected chi connectivity index (χ2v) is 13.2. The van der Waals surface area contributed by atoms with Gasteiger partial charge in [0.15, 0.2) is 5.82 Å². The maximum absolute atomic E-state index is 15.9. The van der Waals surface area contributed by atoms with E-state index < -0.39 is 23.1 Å². The van der Waals surface area contributed by atoms with E-state index in [9.17, 15) is 14.7 Å². The number of nitrogens with zero attached hydrogens (tertiary/aromatic N) is 5. The first-order valence-electron chi connectivity index (χ1n) is 15.9. The van der Waals surface area contributed by atoms with Crippen molar-refractivity contribution in [3.05, 3.63) is 71.8 Å². The molecule has 4 heterocycles. The Morgan fingerprint density at radius 2 is 1.89 bits per heavy atom. The molecule has 0 radical (unpaired) electrons. The van der Waals surface area contributed by atoms with Crippen LogP contribution in [0.4, 0.5) is 15.9 Å². The highest BCUT2D eigenvalue weighted by atomic mass is 19.1. The van der Waals surface area contributed by atoms with Gasteiger partial charge in [-0.15, -0.1) is 0 Å². The molecule has 46 heavy (non-hydrogen) atoms. The zero-order valence-corrected chi connectivity index (χ0v) is 25.9. The Balaban J connectivity index is 1.11. The van der Waals surface area contributed by atoms with Crippen molar-refractivity contribution < 1.29 is 23.8 Å². The molecule has 2 aliphatic carbocycles. The van der Waals surface area contributed by atoms with Crippen molar-refractivity contribution in [3.63, 3.8) is 0 Å². The molecule has 0 bridgehead atoms. The maximum atomic E-state index is 15.9.